The van der Waals surface area contributed by atoms with Gasteiger partial charge >= 0.3 is 0 Å². The third-order valence-electron chi connectivity index (χ3n) is 2.15. The molecule has 17 heavy (non-hydrogen) atoms. The monoisotopic (exact) mass is 253 g/mol. The van der Waals surface area contributed by atoms with Crippen molar-refractivity contribution in [1.29, 1.82) is 0 Å². The summed E-state index contributed by atoms with van der Waals surface area (Å²) < 4.78 is 18.0. The molecule has 0 bridgehead atoms. The van der Waals surface area contributed by atoms with Crippen molar-refractivity contribution < 1.29 is 13.7 Å². The second-order valence-corrected chi connectivity index (χ2v) is 4.40. The van der Waals surface area contributed by atoms with Gasteiger partial charge in [-0.05, 0) is 25.1 Å². The summed E-state index contributed by atoms with van der Waals surface area (Å²) in [5.74, 6) is 0.0542. The summed E-state index contributed by atoms with van der Waals surface area (Å²) in [7, 11) is 0. The molecule has 0 aliphatic carbocycles. The number of benzene rings is 1. The first-order valence-electron chi connectivity index (χ1n) is 4.74. The highest BCUT2D eigenvalue weighted by atomic mass is 32.2. The van der Waals surface area contributed by atoms with Crippen molar-refractivity contribution in [3.63, 3.8) is 0 Å². The molecule has 4 nitrogen and oxygen atoms in total. The van der Waals surface area contributed by atoms with E-state index in [0.29, 0.717) is 10.7 Å². The first kappa shape index (κ1) is 11.7. The maximum absolute atomic E-state index is 12.9. The number of rotatable bonds is 3. The van der Waals surface area contributed by atoms with Gasteiger partial charge in [0.25, 0.3) is 5.69 Å². The zero-order valence-corrected chi connectivity index (χ0v) is 9.66. The van der Waals surface area contributed by atoms with Gasteiger partial charge < -0.3 is 4.42 Å². The fraction of sp³-hybridized carbons (Fsp3) is 0.0909. The van der Waals surface area contributed by atoms with Gasteiger partial charge in [-0.25, -0.2) is 4.39 Å². The first-order chi connectivity index (χ1) is 8.08. The number of nitrogens with zero attached hydrogens (tertiary/aromatic N) is 1. The molecule has 2 aromatic rings. The minimum atomic E-state index is -0.620. The van der Waals surface area contributed by atoms with Crippen LogP contribution in [-0.2, 0) is 0 Å². The molecule has 0 unspecified atom stereocenters. The van der Waals surface area contributed by atoms with E-state index < -0.39 is 10.7 Å². The molecule has 6 heteroatoms. The van der Waals surface area contributed by atoms with Crippen molar-refractivity contribution in [2.45, 2.75) is 16.7 Å². The topological polar surface area (TPSA) is 56.3 Å². The van der Waals surface area contributed by atoms with Gasteiger partial charge in [0.05, 0.1) is 27.0 Å². The second kappa shape index (κ2) is 4.58. The Balaban J connectivity index is 2.39. The van der Waals surface area contributed by atoms with Gasteiger partial charge in [0.15, 0.2) is 0 Å². The van der Waals surface area contributed by atoms with Crippen LogP contribution >= 0.6 is 11.8 Å². The fourth-order valence-corrected chi connectivity index (χ4v) is 2.24. The van der Waals surface area contributed by atoms with Crippen molar-refractivity contribution in [3.05, 3.63) is 52.2 Å². The zero-order chi connectivity index (χ0) is 12.4. The number of halogens is 1. The Morgan fingerprint density at radius 1 is 1.35 bits per heavy atom. The summed E-state index contributed by atoms with van der Waals surface area (Å²) in [6, 6.07) is 5.22. The Morgan fingerprint density at radius 3 is 2.71 bits per heavy atom. The number of hydrogen-bond donors (Lipinski definition) is 0. The van der Waals surface area contributed by atoms with E-state index in [0.717, 1.165) is 11.0 Å². The Morgan fingerprint density at radius 2 is 2.12 bits per heavy atom. The molecule has 0 aliphatic rings. The van der Waals surface area contributed by atoms with Crippen LogP contribution in [0.15, 0.2) is 44.7 Å². The minimum absolute atomic E-state index is 0.240. The lowest BCUT2D eigenvalue weighted by atomic mass is 10.3. The molecule has 1 aromatic heterocycles. The van der Waals surface area contributed by atoms with Crippen molar-refractivity contribution in [1.82, 2.24) is 0 Å². The van der Waals surface area contributed by atoms with Gasteiger partial charge in [-0.15, -0.1) is 0 Å². The SMILES string of the molecule is Cc1occc1Sc1ccc(F)cc1[N+](=O)[O-]. The fourth-order valence-electron chi connectivity index (χ4n) is 1.32. The number of nitro groups is 1. The lowest BCUT2D eigenvalue weighted by Crippen LogP contribution is -1.91. The summed E-state index contributed by atoms with van der Waals surface area (Å²) in [6.45, 7) is 1.76. The summed E-state index contributed by atoms with van der Waals surface area (Å²) in [5, 5.41) is 10.8. The molecule has 0 atom stereocenters. The molecule has 0 N–H and O–H groups in total. The van der Waals surface area contributed by atoms with E-state index in [2.05, 4.69) is 0 Å². The maximum atomic E-state index is 12.9. The number of hydrogen-bond acceptors (Lipinski definition) is 4. The molecule has 1 heterocycles. The Hall–Kier alpha value is -1.82. The minimum Gasteiger partial charge on any atom is -0.468 e. The van der Waals surface area contributed by atoms with E-state index in [-0.39, 0.29) is 5.69 Å². The largest absolute Gasteiger partial charge is 0.468 e. The van der Waals surface area contributed by atoms with E-state index in [9.17, 15) is 14.5 Å². The summed E-state index contributed by atoms with van der Waals surface area (Å²) in [5.41, 5.74) is -0.240. The lowest BCUT2D eigenvalue weighted by molar-refractivity contribution is -0.387. The highest BCUT2D eigenvalue weighted by molar-refractivity contribution is 7.99. The normalized spacial score (nSPS) is 10.5. The quantitative estimate of drug-likeness (QED) is 0.617. The molecular formula is C11H8FNO3S. The molecule has 0 amide bonds. The van der Waals surface area contributed by atoms with Crippen LogP contribution in [0, 0.1) is 22.9 Å². The molecular weight excluding hydrogens is 245 g/mol. The van der Waals surface area contributed by atoms with Gasteiger partial charge in [0.1, 0.15) is 11.6 Å². The van der Waals surface area contributed by atoms with Crippen LogP contribution in [-0.4, -0.2) is 4.92 Å². The molecule has 2 rings (SSSR count). The Bertz CT molecular complexity index is 568. The van der Waals surface area contributed by atoms with Gasteiger partial charge in [-0.2, -0.15) is 0 Å². The highest BCUT2D eigenvalue weighted by Gasteiger charge is 2.17. The number of nitro benzene ring substituents is 1. The van der Waals surface area contributed by atoms with Crippen molar-refractivity contribution >= 4 is 17.4 Å². The molecule has 0 radical (unpaired) electrons. The van der Waals surface area contributed by atoms with E-state index in [1.54, 1.807) is 13.0 Å². The zero-order valence-electron chi connectivity index (χ0n) is 8.84. The lowest BCUT2D eigenvalue weighted by Gasteiger charge is -2.01. The van der Waals surface area contributed by atoms with Crippen LogP contribution in [0.25, 0.3) is 0 Å². The predicted octanol–water partition coefficient (Wildman–Crippen LogP) is 3.79. The van der Waals surface area contributed by atoms with E-state index in [1.807, 2.05) is 0 Å². The smallest absolute Gasteiger partial charge is 0.286 e. The van der Waals surface area contributed by atoms with Crippen LogP contribution in [0.1, 0.15) is 5.76 Å². The number of furan rings is 1. The van der Waals surface area contributed by atoms with E-state index in [1.165, 1.54) is 30.2 Å². The average Bonchev–Trinajstić information content (AvgIpc) is 2.67. The molecule has 88 valence electrons. The van der Waals surface area contributed by atoms with Crippen molar-refractivity contribution in [2.75, 3.05) is 0 Å². The van der Waals surface area contributed by atoms with E-state index in [4.69, 9.17) is 4.42 Å². The van der Waals surface area contributed by atoms with Crippen LogP contribution in [0.5, 0.6) is 0 Å². The third-order valence-corrected chi connectivity index (χ3v) is 3.36. The first-order valence-corrected chi connectivity index (χ1v) is 5.55. The molecule has 0 saturated heterocycles. The number of aryl methyl sites for hydroxylation is 1. The van der Waals surface area contributed by atoms with Crippen LogP contribution in [0.4, 0.5) is 10.1 Å². The van der Waals surface area contributed by atoms with Gasteiger partial charge in [-0.1, -0.05) is 11.8 Å². The molecule has 0 saturated carbocycles. The molecule has 0 aliphatic heterocycles. The molecule has 0 spiro atoms. The maximum Gasteiger partial charge on any atom is 0.286 e. The van der Waals surface area contributed by atoms with Gasteiger partial charge in [0.2, 0.25) is 0 Å². The van der Waals surface area contributed by atoms with Gasteiger partial charge in [0, 0.05) is 0 Å². The van der Waals surface area contributed by atoms with Crippen LogP contribution in [0.2, 0.25) is 0 Å². The van der Waals surface area contributed by atoms with Crippen molar-refractivity contribution in [2.24, 2.45) is 0 Å². The summed E-state index contributed by atoms with van der Waals surface area (Å²) >= 11 is 1.18. The molecule has 1 aromatic carbocycles. The third kappa shape index (κ3) is 2.47. The van der Waals surface area contributed by atoms with Gasteiger partial charge in [-0.3, -0.25) is 10.1 Å². The highest BCUT2D eigenvalue weighted by Crippen LogP contribution is 2.36. The average molecular weight is 253 g/mol. The van der Waals surface area contributed by atoms with Crippen LogP contribution < -0.4 is 0 Å². The standard InChI is InChI=1S/C11H8FNO3S/c1-7-10(4-5-16-7)17-11-3-2-8(12)6-9(11)13(14)15/h2-6H,1H3. The predicted molar refractivity (Wildman–Crippen MR) is 60.6 cm³/mol. The van der Waals surface area contributed by atoms with Crippen LogP contribution in [0.3, 0.4) is 0 Å². The summed E-state index contributed by atoms with van der Waals surface area (Å²) in [6.07, 6.45) is 1.51. The van der Waals surface area contributed by atoms with E-state index >= 15 is 0 Å². The summed E-state index contributed by atoms with van der Waals surface area (Å²) in [4.78, 5) is 11.4. The van der Waals surface area contributed by atoms with Crippen molar-refractivity contribution in [3.8, 4) is 0 Å². The molecule has 0 fully saturated rings. The Labute approximate surface area is 101 Å². The Kier molecular flexibility index (Phi) is 3.14. The second-order valence-electron chi connectivity index (χ2n) is 3.31.